The van der Waals surface area contributed by atoms with Crippen LogP contribution in [0.4, 0.5) is 4.39 Å². The number of Topliss-reactive ketones (excluding diaryl/α,β-unsaturated/α-hetero) is 1. The molecule has 1 aromatic carbocycles. The molecule has 0 aliphatic heterocycles. The highest BCUT2D eigenvalue weighted by molar-refractivity contribution is 5.98. The number of carboxylic acid groups (broad SMARTS) is 1. The number of carbonyl (C=O) groups excluding carboxylic acids is 1. The number of carboxylic acids is 1. The molecule has 1 aromatic heterocycles. The number of hydrogen-bond donors (Lipinski definition) is 2. The molecule has 1 heterocycles. The highest BCUT2D eigenvalue weighted by Gasteiger charge is 2.15. The quantitative estimate of drug-likeness (QED) is 0.827. The van der Waals surface area contributed by atoms with E-state index >= 15 is 0 Å². The summed E-state index contributed by atoms with van der Waals surface area (Å²) in [6, 6.07) is -1.99. The van der Waals surface area contributed by atoms with Crippen LogP contribution in [-0.4, -0.2) is 26.9 Å². The third-order valence-electron chi connectivity index (χ3n) is 2.58. The molecule has 0 aliphatic rings. The number of benzene rings is 1. The van der Waals surface area contributed by atoms with E-state index in [1.54, 1.807) is 0 Å². The van der Waals surface area contributed by atoms with Gasteiger partial charge in [0, 0.05) is 18.2 Å². The molecule has 0 atom stereocenters. The van der Waals surface area contributed by atoms with Crippen molar-refractivity contribution in [1.82, 2.24) is 4.98 Å². The number of nitrogens with zero attached hydrogens (tertiary/aromatic N) is 1. The Morgan fingerprint density at radius 1 is 1.29 bits per heavy atom. The van der Waals surface area contributed by atoms with Crippen LogP contribution in [0.5, 0.6) is 5.75 Å². The van der Waals surface area contributed by atoms with Crippen molar-refractivity contribution in [2.75, 3.05) is 0 Å². The van der Waals surface area contributed by atoms with Crippen LogP contribution in [0.1, 0.15) is 28.8 Å². The lowest BCUT2D eigenvalue weighted by Crippen LogP contribution is -2.06. The van der Waals surface area contributed by atoms with E-state index in [4.69, 9.17) is 10.6 Å². The number of aromatic nitrogens is 1. The zero-order chi connectivity index (χ0) is 18.9. The van der Waals surface area contributed by atoms with Gasteiger partial charge in [0.2, 0.25) is 0 Å². The summed E-state index contributed by atoms with van der Waals surface area (Å²) in [5, 5.41) is 18.5. The van der Waals surface area contributed by atoms with Gasteiger partial charge in [-0.15, -0.1) is 0 Å². The highest BCUT2D eigenvalue weighted by atomic mass is 19.1. The van der Waals surface area contributed by atoms with Gasteiger partial charge in [-0.25, -0.2) is 9.37 Å². The Kier molecular flexibility index (Phi) is 2.93. The van der Waals surface area contributed by atoms with Crippen LogP contribution >= 0.6 is 0 Å². The number of hydrogen-bond acceptors (Lipinski definition) is 4. The van der Waals surface area contributed by atoms with Crippen LogP contribution < -0.4 is 0 Å². The van der Waals surface area contributed by atoms with Gasteiger partial charge in [0.25, 0.3) is 0 Å². The van der Waals surface area contributed by atoms with Crippen LogP contribution in [0.3, 0.4) is 0 Å². The smallest absolute Gasteiger partial charge is 0.303 e. The first-order valence-electron chi connectivity index (χ1n) is 7.85. The average molecular weight is 293 g/mol. The lowest BCUT2D eigenvalue weighted by molar-refractivity contribution is -0.136. The maximum absolute atomic E-state index is 13.8. The van der Waals surface area contributed by atoms with Crippen LogP contribution in [0, 0.1) is 5.82 Å². The number of carbonyl (C=O) groups is 2. The maximum Gasteiger partial charge on any atom is 0.303 e. The Balaban J connectivity index is 2.49. The third-order valence-corrected chi connectivity index (χ3v) is 2.58. The zero-order valence-electron chi connectivity index (χ0n) is 14.6. The van der Waals surface area contributed by atoms with Crippen molar-refractivity contribution < 1.29 is 29.7 Å². The van der Waals surface area contributed by atoms with Gasteiger partial charge in [-0.1, -0.05) is 12.1 Å². The molecule has 2 N–H and O–H groups in total. The van der Waals surface area contributed by atoms with Gasteiger partial charge < -0.3 is 10.2 Å². The van der Waals surface area contributed by atoms with Crippen LogP contribution in [0.25, 0.3) is 11.1 Å². The number of halogens is 1. The van der Waals surface area contributed by atoms with Gasteiger partial charge >= 0.3 is 5.97 Å². The van der Waals surface area contributed by atoms with Crippen LogP contribution in [-0.2, 0) is 4.79 Å². The molecule has 2 aromatic rings. The highest BCUT2D eigenvalue weighted by Crippen LogP contribution is 2.26. The molecule has 0 amide bonds. The van der Waals surface area contributed by atoms with Crippen LogP contribution in [0.15, 0.2) is 36.4 Å². The molecule has 0 unspecified atom stereocenters. The predicted octanol–water partition coefficient (Wildman–Crippen LogP) is 2.64. The predicted molar refractivity (Wildman–Crippen MR) is 72.5 cm³/mol. The van der Waals surface area contributed by atoms with E-state index in [0.717, 1.165) is 12.3 Å². The van der Waals surface area contributed by atoms with Gasteiger partial charge in [-0.3, -0.25) is 9.59 Å². The standard InChI is InChI=1S/C15H12FNO4/c16-11-3-1-2-9(6-11)10-7-13(19)15(17-8-10)12(18)4-5-14(20)21/h1-3,6-8,19H,4-5H2,(H,20,21)/i1D,2D,3D,6D. The van der Waals surface area contributed by atoms with Crippen molar-refractivity contribution in [3.05, 3.63) is 47.9 Å². The molecule has 2 rings (SSSR count). The summed E-state index contributed by atoms with van der Waals surface area (Å²) in [4.78, 5) is 26.0. The van der Waals surface area contributed by atoms with Gasteiger partial charge in [-0.05, 0) is 23.7 Å². The first-order chi connectivity index (χ1) is 11.6. The number of rotatable bonds is 5. The Bertz CT molecular complexity index is 859. The Morgan fingerprint density at radius 2 is 2.05 bits per heavy atom. The van der Waals surface area contributed by atoms with E-state index in [0.29, 0.717) is 0 Å². The summed E-state index contributed by atoms with van der Waals surface area (Å²) in [5.41, 5.74) is -0.799. The Morgan fingerprint density at radius 3 is 2.71 bits per heavy atom. The second-order valence-electron chi connectivity index (χ2n) is 4.10. The first kappa shape index (κ1) is 10.0. The molecular weight excluding hydrogens is 277 g/mol. The number of aliphatic carboxylic acids is 1. The van der Waals surface area contributed by atoms with Crippen molar-refractivity contribution in [3.8, 4) is 16.9 Å². The monoisotopic (exact) mass is 293 g/mol. The second kappa shape index (κ2) is 6.13. The molecule has 0 saturated heterocycles. The summed E-state index contributed by atoms with van der Waals surface area (Å²) in [5.74, 6) is -3.79. The Labute approximate surface area is 125 Å². The lowest BCUT2D eigenvalue weighted by Gasteiger charge is -2.06. The summed E-state index contributed by atoms with van der Waals surface area (Å²) >= 11 is 0. The third kappa shape index (κ3) is 3.62. The molecule has 0 saturated carbocycles. The molecule has 0 fully saturated rings. The average Bonchev–Trinajstić information content (AvgIpc) is 2.56. The van der Waals surface area contributed by atoms with Crippen molar-refractivity contribution in [2.24, 2.45) is 0 Å². The minimum atomic E-state index is -1.28. The van der Waals surface area contributed by atoms with E-state index in [2.05, 4.69) is 4.98 Å². The fourth-order valence-corrected chi connectivity index (χ4v) is 1.61. The zero-order valence-corrected chi connectivity index (χ0v) is 10.6. The van der Waals surface area contributed by atoms with E-state index in [-0.39, 0.29) is 23.2 Å². The largest absolute Gasteiger partial charge is 0.506 e. The van der Waals surface area contributed by atoms with Crippen molar-refractivity contribution in [1.29, 1.82) is 0 Å². The Hall–Kier alpha value is -2.76. The molecular formula is C15H12FNO4. The van der Waals surface area contributed by atoms with Crippen LogP contribution in [0.2, 0.25) is 0 Å². The molecule has 0 radical (unpaired) electrons. The SMILES string of the molecule is [2H]c1c([2H])c(F)c([2H])c(-c2cnc(C(=O)CCC(=O)O)c(O)c2)c1[2H]. The van der Waals surface area contributed by atoms with Crippen molar-refractivity contribution in [2.45, 2.75) is 12.8 Å². The molecule has 0 aliphatic carbocycles. The normalized spacial score (nSPS) is 13.0. The molecule has 5 nitrogen and oxygen atoms in total. The molecule has 21 heavy (non-hydrogen) atoms. The minimum Gasteiger partial charge on any atom is -0.506 e. The van der Waals surface area contributed by atoms with Crippen molar-refractivity contribution >= 4 is 11.8 Å². The number of aromatic hydroxyl groups is 1. The number of pyridine rings is 1. The van der Waals surface area contributed by atoms with E-state index in [9.17, 15) is 19.1 Å². The number of ketones is 1. The molecule has 6 heteroatoms. The van der Waals surface area contributed by atoms with Crippen molar-refractivity contribution in [3.63, 3.8) is 0 Å². The van der Waals surface area contributed by atoms with Gasteiger partial charge in [0.1, 0.15) is 17.3 Å². The topological polar surface area (TPSA) is 87.5 Å². The van der Waals surface area contributed by atoms with E-state index in [1.165, 1.54) is 0 Å². The van der Waals surface area contributed by atoms with E-state index in [1.807, 2.05) is 0 Å². The first-order valence-corrected chi connectivity index (χ1v) is 5.85. The summed E-state index contributed by atoms with van der Waals surface area (Å²) in [6.07, 6.45) is 0.205. The summed E-state index contributed by atoms with van der Waals surface area (Å²) in [6.45, 7) is 0. The van der Waals surface area contributed by atoms with Gasteiger partial charge in [0.05, 0.1) is 11.9 Å². The lowest BCUT2D eigenvalue weighted by atomic mass is 10.1. The van der Waals surface area contributed by atoms with Gasteiger partial charge in [-0.2, -0.15) is 0 Å². The second-order valence-corrected chi connectivity index (χ2v) is 4.10. The summed E-state index contributed by atoms with van der Waals surface area (Å²) in [7, 11) is 0. The molecule has 0 spiro atoms. The molecule has 0 bridgehead atoms. The maximum atomic E-state index is 13.8. The molecule has 108 valence electrons. The van der Waals surface area contributed by atoms with E-state index < -0.39 is 53.9 Å². The fraction of sp³-hybridized carbons (Fsp3) is 0.133. The minimum absolute atomic E-state index is 0.0744. The summed E-state index contributed by atoms with van der Waals surface area (Å²) < 4.78 is 44.2. The van der Waals surface area contributed by atoms with Gasteiger partial charge in [0.15, 0.2) is 5.78 Å². The fourth-order valence-electron chi connectivity index (χ4n) is 1.61.